The summed E-state index contributed by atoms with van der Waals surface area (Å²) in [4.78, 5) is 12.2. The van der Waals surface area contributed by atoms with Gasteiger partial charge in [0.2, 0.25) is 0 Å². The molecule has 0 spiro atoms. The van der Waals surface area contributed by atoms with Gasteiger partial charge in [-0.1, -0.05) is 12.5 Å². The van der Waals surface area contributed by atoms with E-state index in [1.54, 1.807) is 0 Å². The summed E-state index contributed by atoms with van der Waals surface area (Å²) in [6.07, 6.45) is -4.18. The van der Waals surface area contributed by atoms with E-state index in [1.165, 1.54) is 13.0 Å². The molecule has 0 bridgehead atoms. The molecule has 0 aliphatic heterocycles. The van der Waals surface area contributed by atoms with Crippen molar-refractivity contribution in [2.75, 3.05) is 0 Å². The van der Waals surface area contributed by atoms with Gasteiger partial charge in [-0.2, -0.15) is 13.2 Å². The van der Waals surface area contributed by atoms with Crippen LogP contribution in [0.25, 0.3) is 0 Å². The molecule has 21 heavy (non-hydrogen) atoms. The van der Waals surface area contributed by atoms with Crippen LogP contribution in [0.3, 0.4) is 0 Å². The van der Waals surface area contributed by atoms with Crippen LogP contribution in [-0.2, 0) is 0 Å². The lowest BCUT2D eigenvalue weighted by Gasteiger charge is -2.29. The summed E-state index contributed by atoms with van der Waals surface area (Å²) in [5.41, 5.74) is -0.396. The molecule has 2 atom stereocenters. The van der Waals surface area contributed by atoms with E-state index in [9.17, 15) is 26.7 Å². The number of aryl methyl sites for hydroxylation is 1. The minimum Gasteiger partial charge on any atom is -0.294 e. The fourth-order valence-electron chi connectivity index (χ4n) is 2.78. The molecule has 6 heteroatoms. The van der Waals surface area contributed by atoms with Gasteiger partial charge in [0.1, 0.15) is 0 Å². The molecule has 0 radical (unpaired) electrons. The van der Waals surface area contributed by atoms with E-state index in [1.807, 2.05) is 0 Å². The van der Waals surface area contributed by atoms with E-state index in [2.05, 4.69) is 0 Å². The van der Waals surface area contributed by atoms with Crippen molar-refractivity contribution in [3.8, 4) is 0 Å². The van der Waals surface area contributed by atoms with Crippen molar-refractivity contribution < 1.29 is 26.7 Å². The Hall–Kier alpha value is -1.46. The van der Waals surface area contributed by atoms with Crippen molar-refractivity contribution in [3.05, 3.63) is 34.9 Å². The van der Waals surface area contributed by atoms with Crippen molar-refractivity contribution >= 4 is 5.78 Å². The van der Waals surface area contributed by atoms with Crippen molar-refractivity contribution in [2.24, 2.45) is 11.8 Å². The van der Waals surface area contributed by atoms with Gasteiger partial charge in [0, 0.05) is 5.92 Å². The number of rotatable bonds is 2. The molecule has 1 saturated carbocycles. The highest BCUT2D eigenvalue weighted by Gasteiger charge is 2.43. The average molecular weight is 306 g/mol. The van der Waals surface area contributed by atoms with E-state index in [0.29, 0.717) is 0 Å². The first-order chi connectivity index (χ1) is 9.71. The number of ketones is 1. The largest absolute Gasteiger partial charge is 0.391 e. The zero-order chi connectivity index (χ0) is 15.8. The lowest BCUT2D eigenvalue weighted by Crippen LogP contribution is -2.32. The topological polar surface area (TPSA) is 17.1 Å². The molecule has 0 heterocycles. The van der Waals surface area contributed by atoms with Gasteiger partial charge in [0.15, 0.2) is 17.4 Å². The van der Waals surface area contributed by atoms with Gasteiger partial charge in [-0.3, -0.25) is 4.79 Å². The van der Waals surface area contributed by atoms with Gasteiger partial charge >= 0.3 is 6.18 Å². The van der Waals surface area contributed by atoms with E-state index in [-0.39, 0.29) is 31.2 Å². The quantitative estimate of drug-likeness (QED) is 0.565. The summed E-state index contributed by atoms with van der Waals surface area (Å²) < 4.78 is 65.5. The minimum atomic E-state index is -4.35. The van der Waals surface area contributed by atoms with Crippen LogP contribution in [0.4, 0.5) is 22.0 Å². The Morgan fingerprint density at radius 3 is 2.43 bits per heavy atom. The third-order valence-electron chi connectivity index (χ3n) is 4.05. The Morgan fingerprint density at radius 2 is 1.81 bits per heavy atom. The summed E-state index contributed by atoms with van der Waals surface area (Å²) in [7, 11) is 0. The Kier molecular flexibility index (Phi) is 4.35. The molecular formula is C15H15F5O. The van der Waals surface area contributed by atoms with Crippen LogP contribution in [-0.4, -0.2) is 12.0 Å². The molecule has 1 aliphatic rings. The van der Waals surface area contributed by atoms with Crippen LogP contribution in [0.5, 0.6) is 0 Å². The highest BCUT2D eigenvalue weighted by molar-refractivity contribution is 5.98. The third kappa shape index (κ3) is 3.24. The molecule has 1 fully saturated rings. The van der Waals surface area contributed by atoms with Crippen LogP contribution < -0.4 is 0 Å². The Morgan fingerprint density at radius 1 is 1.14 bits per heavy atom. The highest BCUT2D eigenvalue weighted by atomic mass is 19.4. The second-order valence-electron chi connectivity index (χ2n) is 5.52. The summed E-state index contributed by atoms with van der Waals surface area (Å²) in [5.74, 6) is -5.57. The molecular weight excluding hydrogens is 291 g/mol. The van der Waals surface area contributed by atoms with Crippen LogP contribution in [0.1, 0.15) is 41.6 Å². The van der Waals surface area contributed by atoms with Crippen LogP contribution in [0.2, 0.25) is 0 Å². The number of halogens is 5. The molecule has 2 rings (SSSR count). The average Bonchev–Trinajstić information content (AvgIpc) is 2.43. The lowest BCUT2D eigenvalue weighted by atomic mass is 9.77. The summed E-state index contributed by atoms with van der Waals surface area (Å²) in [6, 6.07) is 2.41. The fourth-order valence-corrected chi connectivity index (χ4v) is 2.78. The predicted octanol–water partition coefficient (Wildman–Crippen LogP) is 4.82. The minimum absolute atomic E-state index is 0.0159. The fraction of sp³-hybridized carbons (Fsp3) is 0.533. The van der Waals surface area contributed by atoms with Crippen molar-refractivity contribution in [3.63, 3.8) is 0 Å². The first-order valence-electron chi connectivity index (χ1n) is 6.77. The standard InChI is InChI=1S/C15H15F5O/c1-8-5-6-11(13(17)12(8)16)14(21)9-3-2-4-10(7-9)15(18,19)20/h5-6,9-10H,2-4,7H2,1H3. The molecule has 1 aromatic carbocycles. The molecule has 1 aromatic rings. The van der Waals surface area contributed by atoms with Crippen molar-refractivity contribution in [2.45, 2.75) is 38.8 Å². The van der Waals surface area contributed by atoms with E-state index in [4.69, 9.17) is 0 Å². The Bertz CT molecular complexity index is 550. The first-order valence-corrected chi connectivity index (χ1v) is 6.77. The van der Waals surface area contributed by atoms with Crippen molar-refractivity contribution in [1.29, 1.82) is 0 Å². The van der Waals surface area contributed by atoms with Crippen LogP contribution in [0, 0.1) is 30.4 Å². The number of hydrogen-bond acceptors (Lipinski definition) is 1. The highest BCUT2D eigenvalue weighted by Crippen LogP contribution is 2.41. The normalized spacial score (nSPS) is 23.1. The maximum Gasteiger partial charge on any atom is 0.391 e. The van der Waals surface area contributed by atoms with Gasteiger partial charge in [-0.25, -0.2) is 8.78 Å². The zero-order valence-corrected chi connectivity index (χ0v) is 11.4. The number of hydrogen-bond donors (Lipinski definition) is 0. The second kappa shape index (κ2) is 5.73. The monoisotopic (exact) mass is 306 g/mol. The number of benzene rings is 1. The Balaban J connectivity index is 2.22. The molecule has 2 unspecified atom stereocenters. The van der Waals surface area contributed by atoms with Crippen molar-refractivity contribution in [1.82, 2.24) is 0 Å². The zero-order valence-electron chi connectivity index (χ0n) is 11.4. The number of alkyl halides is 3. The van der Waals surface area contributed by atoms with Gasteiger partial charge in [0.25, 0.3) is 0 Å². The van der Waals surface area contributed by atoms with Crippen LogP contribution >= 0.6 is 0 Å². The molecule has 0 aromatic heterocycles. The number of carbonyl (C=O) groups excluding carboxylic acids is 1. The smallest absolute Gasteiger partial charge is 0.294 e. The number of carbonyl (C=O) groups is 1. The first kappa shape index (κ1) is 15.9. The summed E-state index contributed by atoms with van der Waals surface area (Å²) >= 11 is 0. The molecule has 116 valence electrons. The molecule has 0 N–H and O–H groups in total. The number of Topliss-reactive ketones (excluding diaryl/α,β-unsaturated/α-hetero) is 1. The SMILES string of the molecule is Cc1ccc(C(=O)C2CCCC(C(F)(F)F)C2)c(F)c1F. The van der Waals surface area contributed by atoms with Gasteiger partial charge in [-0.15, -0.1) is 0 Å². The van der Waals surface area contributed by atoms with E-state index >= 15 is 0 Å². The molecule has 0 saturated heterocycles. The van der Waals surface area contributed by atoms with Crippen LogP contribution in [0.15, 0.2) is 12.1 Å². The molecule has 0 amide bonds. The Labute approximate surface area is 119 Å². The van der Waals surface area contributed by atoms with Gasteiger partial charge in [0.05, 0.1) is 11.5 Å². The maximum atomic E-state index is 13.8. The summed E-state index contributed by atoms with van der Waals surface area (Å²) in [6.45, 7) is 1.35. The molecule has 1 nitrogen and oxygen atoms in total. The molecule has 1 aliphatic carbocycles. The lowest BCUT2D eigenvalue weighted by molar-refractivity contribution is -0.184. The summed E-state index contributed by atoms with van der Waals surface area (Å²) in [5, 5.41) is 0. The van der Waals surface area contributed by atoms with E-state index < -0.39 is 41.0 Å². The second-order valence-corrected chi connectivity index (χ2v) is 5.52. The maximum absolute atomic E-state index is 13.8. The van der Waals surface area contributed by atoms with Gasteiger partial charge < -0.3 is 0 Å². The predicted molar refractivity (Wildman–Crippen MR) is 66.9 cm³/mol. The third-order valence-corrected chi connectivity index (χ3v) is 4.05. The van der Waals surface area contributed by atoms with Gasteiger partial charge in [-0.05, 0) is 37.8 Å². The van der Waals surface area contributed by atoms with E-state index in [0.717, 1.165) is 6.07 Å².